The molecule has 1 aromatic carbocycles. The van der Waals surface area contributed by atoms with Crippen molar-refractivity contribution in [2.24, 2.45) is 0 Å². The van der Waals surface area contributed by atoms with Crippen LogP contribution in [0.3, 0.4) is 0 Å². The van der Waals surface area contributed by atoms with Crippen LogP contribution >= 0.6 is 11.6 Å². The lowest BCUT2D eigenvalue weighted by Gasteiger charge is -2.23. The lowest BCUT2D eigenvalue weighted by atomic mass is 10.1. The van der Waals surface area contributed by atoms with Gasteiger partial charge in [-0.25, -0.2) is 8.42 Å². The second-order valence-electron chi connectivity index (χ2n) is 4.85. The Balaban J connectivity index is 2.31. The van der Waals surface area contributed by atoms with E-state index >= 15 is 0 Å². The Morgan fingerprint density at radius 1 is 1.29 bits per heavy atom. The summed E-state index contributed by atoms with van der Waals surface area (Å²) >= 11 is 5.83. The van der Waals surface area contributed by atoms with Gasteiger partial charge in [0.25, 0.3) is 0 Å². The summed E-state index contributed by atoms with van der Waals surface area (Å²) in [5.41, 5.74) is 0.557. The van der Waals surface area contributed by atoms with E-state index in [2.05, 4.69) is 11.3 Å². The minimum absolute atomic E-state index is 0.250. The number of sulfonamides is 1. The van der Waals surface area contributed by atoms with Gasteiger partial charge in [-0.05, 0) is 30.5 Å². The molecule has 7 heteroatoms. The van der Waals surface area contributed by atoms with Gasteiger partial charge in [0.2, 0.25) is 15.9 Å². The van der Waals surface area contributed by atoms with Gasteiger partial charge in [0.1, 0.15) is 6.04 Å². The van der Waals surface area contributed by atoms with Crippen LogP contribution in [-0.2, 0) is 14.8 Å². The molecule has 0 bridgehead atoms. The van der Waals surface area contributed by atoms with E-state index in [4.69, 9.17) is 11.6 Å². The Hall–Kier alpha value is -1.37. The maximum Gasteiger partial charge on any atom is 0.245 e. The number of halogens is 1. The monoisotopic (exact) mass is 328 g/mol. The maximum absolute atomic E-state index is 12.6. The summed E-state index contributed by atoms with van der Waals surface area (Å²) in [4.78, 5) is 14.2. The van der Waals surface area contributed by atoms with Crippen LogP contribution in [0.2, 0.25) is 5.02 Å². The third kappa shape index (κ3) is 4.06. The molecule has 1 aliphatic heterocycles. The van der Waals surface area contributed by atoms with Crippen LogP contribution in [0.4, 0.5) is 0 Å². The average Bonchev–Trinajstić information content (AvgIpc) is 2.99. The summed E-state index contributed by atoms with van der Waals surface area (Å²) < 4.78 is 25.9. The lowest BCUT2D eigenvalue weighted by Crippen LogP contribution is -2.41. The molecule has 1 saturated heterocycles. The Morgan fingerprint density at radius 2 is 1.86 bits per heavy atom. The van der Waals surface area contributed by atoms with Gasteiger partial charge in [0.15, 0.2) is 0 Å². The van der Waals surface area contributed by atoms with Crippen molar-refractivity contribution < 1.29 is 13.2 Å². The molecular weight excluding hydrogens is 312 g/mol. The number of benzene rings is 1. The van der Waals surface area contributed by atoms with Gasteiger partial charge in [-0.2, -0.15) is 4.72 Å². The molecule has 21 heavy (non-hydrogen) atoms. The number of nitrogens with one attached hydrogen (secondary N) is 1. The van der Waals surface area contributed by atoms with Crippen LogP contribution in [0.5, 0.6) is 0 Å². The number of carbonyl (C=O) groups excluding carboxylic acids is 1. The fourth-order valence-electron chi connectivity index (χ4n) is 2.25. The van der Waals surface area contributed by atoms with Crippen LogP contribution in [0.1, 0.15) is 24.4 Å². The van der Waals surface area contributed by atoms with Crippen molar-refractivity contribution in [2.75, 3.05) is 13.1 Å². The largest absolute Gasteiger partial charge is 0.341 e. The van der Waals surface area contributed by atoms with E-state index < -0.39 is 16.1 Å². The van der Waals surface area contributed by atoms with Gasteiger partial charge >= 0.3 is 0 Å². The van der Waals surface area contributed by atoms with Crippen LogP contribution in [0, 0.1) is 0 Å². The van der Waals surface area contributed by atoms with Crippen molar-refractivity contribution in [2.45, 2.75) is 18.9 Å². The van der Waals surface area contributed by atoms with Crippen molar-refractivity contribution >= 4 is 27.5 Å². The first kappa shape index (κ1) is 16.0. The highest BCUT2D eigenvalue weighted by molar-refractivity contribution is 7.92. The van der Waals surface area contributed by atoms with Crippen LogP contribution < -0.4 is 4.72 Å². The van der Waals surface area contributed by atoms with Crippen molar-refractivity contribution in [3.63, 3.8) is 0 Å². The van der Waals surface area contributed by atoms with Crippen molar-refractivity contribution in [3.05, 3.63) is 46.8 Å². The second kappa shape index (κ2) is 6.60. The Labute approximate surface area is 129 Å². The molecule has 0 saturated carbocycles. The van der Waals surface area contributed by atoms with Gasteiger partial charge in [0, 0.05) is 23.5 Å². The zero-order valence-electron chi connectivity index (χ0n) is 11.5. The predicted molar refractivity (Wildman–Crippen MR) is 82.3 cm³/mol. The summed E-state index contributed by atoms with van der Waals surface area (Å²) in [6.45, 7) is 4.56. The third-order valence-electron chi connectivity index (χ3n) is 3.37. The van der Waals surface area contributed by atoms with Gasteiger partial charge < -0.3 is 4.90 Å². The van der Waals surface area contributed by atoms with E-state index in [9.17, 15) is 13.2 Å². The summed E-state index contributed by atoms with van der Waals surface area (Å²) in [6, 6.07) is 5.59. The highest BCUT2D eigenvalue weighted by Gasteiger charge is 2.30. The SMILES string of the molecule is C=CS(=O)(=O)NC(C(=O)N1CCCC1)c1ccc(Cl)cc1. The van der Waals surface area contributed by atoms with Gasteiger partial charge in [-0.15, -0.1) is 0 Å². The first-order chi connectivity index (χ1) is 9.93. The Bertz CT molecular complexity index is 622. The average molecular weight is 329 g/mol. The molecule has 5 nitrogen and oxygen atoms in total. The number of hydrogen-bond donors (Lipinski definition) is 1. The standard InChI is InChI=1S/C14H17ClN2O3S/c1-2-21(19,20)16-13(11-5-7-12(15)8-6-11)14(18)17-9-3-4-10-17/h2,5-8,13,16H,1,3-4,9-10H2. The second-order valence-corrected chi connectivity index (χ2v) is 6.94. The van der Waals surface area contributed by atoms with E-state index in [1.54, 1.807) is 29.2 Å². The topological polar surface area (TPSA) is 66.5 Å². The van der Waals surface area contributed by atoms with E-state index in [-0.39, 0.29) is 5.91 Å². The third-order valence-corrected chi connectivity index (χ3v) is 4.62. The predicted octanol–water partition coefficient (Wildman–Crippen LogP) is 2.07. The minimum Gasteiger partial charge on any atom is -0.341 e. The molecule has 0 spiro atoms. The van der Waals surface area contributed by atoms with Crippen LogP contribution in [-0.4, -0.2) is 32.3 Å². The minimum atomic E-state index is -3.72. The van der Waals surface area contributed by atoms with E-state index in [0.29, 0.717) is 23.7 Å². The van der Waals surface area contributed by atoms with Crippen LogP contribution in [0.15, 0.2) is 36.3 Å². The van der Waals surface area contributed by atoms with Crippen molar-refractivity contribution in [1.29, 1.82) is 0 Å². The summed E-state index contributed by atoms with van der Waals surface area (Å²) in [7, 11) is -3.72. The first-order valence-electron chi connectivity index (χ1n) is 6.62. The number of nitrogens with zero attached hydrogens (tertiary/aromatic N) is 1. The normalized spacial score (nSPS) is 16.7. The molecule has 0 radical (unpaired) electrons. The summed E-state index contributed by atoms with van der Waals surface area (Å²) in [5.74, 6) is -0.250. The first-order valence-corrected chi connectivity index (χ1v) is 8.54. The maximum atomic E-state index is 12.6. The van der Waals surface area contributed by atoms with Gasteiger partial charge in [-0.1, -0.05) is 30.3 Å². The molecule has 1 N–H and O–H groups in total. The molecule has 2 rings (SSSR count). The quantitative estimate of drug-likeness (QED) is 0.899. The van der Waals surface area contributed by atoms with Gasteiger partial charge in [-0.3, -0.25) is 4.79 Å². The molecular formula is C14H17ClN2O3S. The molecule has 1 fully saturated rings. The van der Waals surface area contributed by atoms with E-state index in [0.717, 1.165) is 18.2 Å². The molecule has 1 heterocycles. The zero-order valence-corrected chi connectivity index (χ0v) is 13.0. The number of carbonyl (C=O) groups is 1. The summed E-state index contributed by atoms with van der Waals surface area (Å²) in [5, 5.41) is 1.32. The van der Waals surface area contributed by atoms with Gasteiger partial charge in [0.05, 0.1) is 0 Å². The Kier molecular flexibility index (Phi) is 5.03. The number of amides is 1. The number of rotatable bonds is 5. The van der Waals surface area contributed by atoms with Crippen molar-refractivity contribution in [3.8, 4) is 0 Å². The fraction of sp³-hybridized carbons (Fsp3) is 0.357. The molecule has 1 aromatic rings. The molecule has 1 atom stereocenters. The Morgan fingerprint density at radius 3 is 2.38 bits per heavy atom. The zero-order chi connectivity index (χ0) is 15.5. The molecule has 1 unspecified atom stereocenters. The molecule has 0 aromatic heterocycles. The highest BCUT2D eigenvalue weighted by atomic mass is 35.5. The van der Waals surface area contributed by atoms with Crippen molar-refractivity contribution in [1.82, 2.24) is 9.62 Å². The molecule has 114 valence electrons. The molecule has 1 aliphatic rings. The molecule has 1 amide bonds. The smallest absolute Gasteiger partial charge is 0.245 e. The number of hydrogen-bond acceptors (Lipinski definition) is 3. The van der Waals surface area contributed by atoms with Crippen LogP contribution in [0.25, 0.3) is 0 Å². The fourth-order valence-corrected chi connectivity index (χ4v) is 3.04. The lowest BCUT2D eigenvalue weighted by molar-refractivity contribution is -0.132. The number of likely N-dealkylation sites (tertiary alicyclic amines) is 1. The van der Waals surface area contributed by atoms with E-state index in [1.165, 1.54) is 0 Å². The summed E-state index contributed by atoms with van der Waals surface area (Å²) in [6.07, 6.45) is 1.88. The molecule has 0 aliphatic carbocycles. The highest BCUT2D eigenvalue weighted by Crippen LogP contribution is 2.22. The van der Waals surface area contributed by atoms with E-state index in [1.807, 2.05) is 0 Å².